The van der Waals surface area contributed by atoms with E-state index in [4.69, 9.17) is 14.2 Å². The summed E-state index contributed by atoms with van der Waals surface area (Å²) in [5.41, 5.74) is 0.359. The van der Waals surface area contributed by atoms with Crippen molar-refractivity contribution in [3.8, 4) is 0 Å². The molecular formula is C10H17O4. The summed E-state index contributed by atoms with van der Waals surface area (Å²) in [6.07, 6.45) is 0.324. The Balaban J connectivity index is 3.80. The fraction of sp³-hybridized carbons (Fsp3) is 0.600. The van der Waals surface area contributed by atoms with Crippen LogP contribution < -0.4 is 0 Å². The third kappa shape index (κ3) is 5.72. The van der Waals surface area contributed by atoms with Gasteiger partial charge in [-0.05, 0) is 20.8 Å². The Morgan fingerprint density at radius 2 is 1.64 bits per heavy atom. The SMILES string of the molecule is C=C(C)C(=O)OC[C](OCC)OCC. The Morgan fingerprint density at radius 1 is 1.14 bits per heavy atom. The molecule has 0 amide bonds. The summed E-state index contributed by atoms with van der Waals surface area (Å²) >= 11 is 0. The van der Waals surface area contributed by atoms with Crippen LogP contribution in [0.4, 0.5) is 0 Å². The summed E-state index contributed by atoms with van der Waals surface area (Å²) < 4.78 is 15.0. The van der Waals surface area contributed by atoms with Gasteiger partial charge in [0.05, 0.1) is 0 Å². The number of hydrogen-bond acceptors (Lipinski definition) is 4. The Kier molecular flexibility index (Phi) is 7.06. The van der Waals surface area contributed by atoms with Crippen LogP contribution in [0, 0.1) is 6.29 Å². The highest BCUT2D eigenvalue weighted by Crippen LogP contribution is 2.06. The van der Waals surface area contributed by atoms with Gasteiger partial charge in [-0.1, -0.05) is 6.58 Å². The predicted molar refractivity (Wildman–Crippen MR) is 52.3 cm³/mol. The van der Waals surface area contributed by atoms with Gasteiger partial charge in [0, 0.05) is 18.8 Å². The number of carbonyl (C=O) groups is 1. The third-order valence-corrected chi connectivity index (χ3v) is 1.28. The minimum absolute atomic E-state index is 0.0212. The lowest BCUT2D eigenvalue weighted by molar-refractivity contribution is -0.146. The van der Waals surface area contributed by atoms with Crippen LogP contribution in [0.5, 0.6) is 0 Å². The van der Waals surface area contributed by atoms with Gasteiger partial charge in [-0.3, -0.25) is 0 Å². The molecule has 0 fully saturated rings. The van der Waals surface area contributed by atoms with Crippen molar-refractivity contribution >= 4 is 5.97 Å². The molecule has 0 N–H and O–H groups in total. The number of ether oxygens (including phenoxy) is 3. The second-order valence-electron chi connectivity index (χ2n) is 2.59. The molecule has 0 aromatic heterocycles. The van der Waals surface area contributed by atoms with Crippen LogP contribution >= 0.6 is 0 Å². The van der Waals surface area contributed by atoms with Crippen molar-refractivity contribution in [2.45, 2.75) is 20.8 Å². The molecule has 0 saturated carbocycles. The molecule has 0 atom stereocenters. The maximum absolute atomic E-state index is 11.0. The molecule has 0 heterocycles. The van der Waals surface area contributed by atoms with E-state index in [0.717, 1.165) is 0 Å². The van der Waals surface area contributed by atoms with E-state index in [1.807, 2.05) is 13.8 Å². The summed E-state index contributed by atoms with van der Waals surface area (Å²) in [7, 11) is 0. The average Bonchev–Trinajstić information content (AvgIpc) is 2.14. The normalized spacial score (nSPS) is 10.3. The van der Waals surface area contributed by atoms with Gasteiger partial charge in [0.2, 0.25) is 0 Å². The average molecular weight is 201 g/mol. The molecule has 0 aliphatic heterocycles. The van der Waals surface area contributed by atoms with Crippen molar-refractivity contribution < 1.29 is 19.0 Å². The smallest absolute Gasteiger partial charge is 0.333 e. The van der Waals surface area contributed by atoms with E-state index in [2.05, 4.69) is 6.58 Å². The Morgan fingerprint density at radius 3 is 2.00 bits per heavy atom. The zero-order valence-electron chi connectivity index (χ0n) is 8.96. The van der Waals surface area contributed by atoms with E-state index in [1.165, 1.54) is 0 Å². The minimum atomic E-state index is -0.443. The van der Waals surface area contributed by atoms with Crippen LogP contribution in [0.25, 0.3) is 0 Å². The van der Waals surface area contributed by atoms with Gasteiger partial charge in [0.1, 0.15) is 0 Å². The fourth-order valence-electron chi connectivity index (χ4n) is 0.695. The van der Waals surface area contributed by atoms with Gasteiger partial charge in [-0.25, -0.2) is 4.79 Å². The molecule has 0 aliphatic rings. The van der Waals surface area contributed by atoms with Crippen molar-refractivity contribution in [1.29, 1.82) is 0 Å². The highest BCUT2D eigenvalue weighted by Gasteiger charge is 2.13. The van der Waals surface area contributed by atoms with E-state index in [9.17, 15) is 4.79 Å². The molecule has 0 bridgehead atoms. The number of rotatable bonds is 7. The van der Waals surface area contributed by atoms with E-state index >= 15 is 0 Å². The molecule has 0 aromatic carbocycles. The Labute approximate surface area is 84.8 Å². The summed E-state index contributed by atoms with van der Waals surface area (Å²) in [6, 6.07) is 0. The third-order valence-electron chi connectivity index (χ3n) is 1.28. The van der Waals surface area contributed by atoms with Crippen molar-refractivity contribution in [2.75, 3.05) is 19.8 Å². The van der Waals surface area contributed by atoms with Gasteiger partial charge in [-0.15, -0.1) is 0 Å². The molecular weight excluding hydrogens is 184 g/mol. The monoisotopic (exact) mass is 201 g/mol. The van der Waals surface area contributed by atoms with E-state index in [-0.39, 0.29) is 6.61 Å². The predicted octanol–water partition coefficient (Wildman–Crippen LogP) is 1.67. The Hall–Kier alpha value is -0.870. The minimum Gasteiger partial charge on any atom is -0.456 e. The molecule has 1 radical (unpaired) electrons. The fourth-order valence-corrected chi connectivity index (χ4v) is 0.695. The summed E-state index contributed by atoms with van der Waals surface area (Å²) in [5, 5.41) is 0. The molecule has 4 nitrogen and oxygen atoms in total. The Bertz CT molecular complexity index is 183. The molecule has 0 aromatic rings. The highest BCUT2D eigenvalue weighted by molar-refractivity contribution is 5.86. The van der Waals surface area contributed by atoms with Crippen LogP contribution in [-0.2, 0) is 19.0 Å². The number of esters is 1. The molecule has 0 unspecified atom stereocenters. The molecule has 4 heteroatoms. The first-order chi connectivity index (χ1) is 6.61. The van der Waals surface area contributed by atoms with Crippen LogP contribution in [0.15, 0.2) is 12.2 Å². The zero-order chi connectivity index (χ0) is 11.0. The maximum Gasteiger partial charge on any atom is 0.333 e. The first-order valence-corrected chi connectivity index (χ1v) is 4.55. The topological polar surface area (TPSA) is 44.8 Å². The molecule has 0 saturated heterocycles. The van der Waals surface area contributed by atoms with Crippen molar-refractivity contribution in [2.24, 2.45) is 0 Å². The van der Waals surface area contributed by atoms with Gasteiger partial charge < -0.3 is 14.2 Å². The van der Waals surface area contributed by atoms with Crippen LogP contribution in [0.2, 0.25) is 0 Å². The van der Waals surface area contributed by atoms with Gasteiger partial charge in [0.15, 0.2) is 6.61 Å². The molecule has 14 heavy (non-hydrogen) atoms. The van der Waals surface area contributed by atoms with Gasteiger partial charge in [0.25, 0.3) is 6.29 Å². The number of hydrogen-bond donors (Lipinski definition) is 0. The van der Waals surface area contributed by atoms with Crippen LogP contribution in [0.1, 0.15) is 20.8 Å². The van der Waals surface area contributed by atoms with Gasteiger partial charge >= 0.3 is 5.97 Å². The van der Waals surface area contributed by atoms with E-state index in [0.29, 0.717) is 25.1 Å². The largest absolute Gasteiger partial charge is 0.456 e. The second-order valence-corrected chi connectivity index (χ2v) is 2.59. The zero-order valence-corrected chi connectivity index (χ0v) is 8.96. The molecule has 0 rings (SSSR count). The number of carbonyl (C=O) groups excluding carboxylic acids is 1. The first-order valence-electron chi connectivity index (χ1n) is 4.55. The lowest BCUT2D eigenvalue weighted by Gasteiger charge is -2.14. The van der Waals surface area contributed by atoms with Crippen molar-refractivity contribution in [3.05, 3.63) is 18.4 Å². The lowest BCUT2D eigenvalue weighted by Crippen LogP contribution is -2.18. The maximum atomic E-state index is 11.0. The van der Waals surface area contributed by atoms with Crippen molar-refractivity contribution in [1.82, 2.24) is 0 Å². The molecule has 0 spiro atoms. The van der Waals surface area contributed by atoms with Crippen molar-refractivity contribution in [3.63, 3.8) is 0 Å². The summed E-state index contributed by atoms with van der Waals surface area (Å²) in [6.45, 7) is 9.71. The molecule has 81 valence electrons. The van der Waals surface area contributed by atoms with E-state index < -0.39 is 5.97 Å². The molecule has 0 aliphatic carbocycles. The summed E-state index contributed by atoms with van der Waals surface area (Å²) in [5.74, 6) is -0.443. The standard InChI is InChI=1S/C10H17O4/c1-5-12-9(13-6-2)7-14-10(11)8(3)4/h3,5-7H2,1-2,4H3. The highest BCUT2D eigenvalue weighted by atomic mass is 16.7. The second kappa shape index (κ2) is 7.53. The van der Waals surface area contributed by atoms with E-state index in [1.54, 1.807) is 6.92 Å². The lowest BCUT2D eigenvalue weighted by atomic mass is 10.4. The summed E-state index contributed by atoms with van der Waals surface area (Å²) in [4.78, 5) is 11.0. The first kappa shape index (κ1) is 13.1. The van der Waals surface area contributed by atoms with Gasteiger partial charge in [-0.2, -0.15) is 0 Å². The van der Waals surface area contributed by atoms with Crippen LogP contribution in [0.3, 0.4) is 0 Å². The van der Waals surface area contributed by atoms with Crippen LogP contribution in [-0.4, -0.2) is 25.8 Å². The quantitative estimate of drug-likeness (QED) is 0.464.